The number of hydrogen-bond donors (Lipinski definition) is 1. The molecule has 0 heterocycles. The highest BCUT2D eigenvalue weighted by molar-refractivity contribution is 5.94. The maximum atomic E-state index is 12.1. The molecule has 0 radical (unpaired) electrons. The van der Waals surface area contributed by atoms with Crippen LogP contribution in [0, 0.1) is 11.3 Å². The quantitative estimate of drug-likeness (QED) is 0.920. The maximum absolute atomic E-state index is 12.1. The Hall–Kier alpha value is -3.00. The van der Waals surface area contributed by atoms with Crippen LogP contribution in [-0.2, 0) is 4.79 Å². The molecule has 2 aromatic carbocycles. The zero-order chi connectivity index (χ0) is 15.9. The maximum Gasteiger partial charge on any atom is 0.265 e. The van der Waals surface area contributed by atoms with Crippen LogP contribution in [0.2, 0.25) is 0 Å². The average Bonchev–Trinajstić information content (AvgIpc) is 2.56. The van der Waals surface area contributed by atoms with Crippen molar-refractivity contribution in [2.75, 3.05) is 12.4 Å². The summed E-state index contributed by atoms with van der Waals surface area (Å²) in [5.74, 6) is 1.01. The number of nitrogens with zero attached hydrogens (tertiary/aromatic N) is 1. The van der Waals surface area contributed by atoms with Gasteiger partial charge in [0.05, 0.1) is 18.7 Å². The summed E-state index contributed by atoms with van der Waals surface area (Å²) in [4.78, 5) is 12.1. The number of nitriles is 1. The van der Waals surface area contributed by atoms with E-state index in [1.165, 1.54) is 0 Å². The van der Waals surface area contributed by atoms with Crippen LogP contribution in [0.15, 0.2) is 48.5 Å². The molecule has 1 unspecified atom stereocenters. The van der Waals surface area contributed by atoms with Gasteiger partial charge in [0, 0.05) is 5.69 Å². The summed E-state index contributed by atoms with van der Waals surface area (Å²) in [6, 6.07) is 15.7. The molecule has 0 fully saturated rings. The van der Waals surface area contributed by atoms with Crippen molar-refractivity contribution in [3.05, 3.63) is 54.1 Å². The second kappa shape index (κ2) is 7.14. The molecule has 0 bridgehead atoms. The monoisotopic (exact) mass is 296 g/mol. The normalized spacial score (nSPS) is 11.1. The van der Waals surface area contributed by atoms with E-state index >= 15 is 0 Å². The minimum absolute atomic E-state index is 0.255. The molecule has 2 aromatic rings. The summed E-state index contributed by atoms with van der Waals surface area (Å²) >= 11 is 0. The molecular weight excluding hydrogens is 280 g/mol. The van der Waals surface area contributed by atoms with Crippen molar-refractivity contribution in [2.45, 2.75) is 13.0 Å². The van der Waals surface area contributed by atoms with Crippen molar-refractivity contribution in [1.29, 1.82) is 5.26 Å². The summed E-state index contributed by atoms with van der Waals surface area (Å²) in [6.07, 6.45) is -0.657. The van der Waals surface area contributed by atoms with E-state index < -0.39 is 6.10 Å². The third-order valence-electron chi connectivity index (χ3n) is 3.02. The van der Waals surface area contributed by atoms with Gasteiger partial charge in [0.25, 0.3) is 5.91 Å². The molecule has 0 saturated heterocycles. The molecule has 0 aliphatic heterocycles. The molecule has 0 aliphatic rings. The smallest absolute Gasteiger partial charge is 0.265 e. The van der Waals surface area contributed by atoms with E-state index in [-0.39, 0.29) is 5.91 Å². The first-order chi connectivity index (χ1) is 10.6. The summed E-state index contributed by atoms with van der Waals surface area (Å²) in [6.45, 7) is 1.66. The standard InChI is InChI=1S/C17H16N2O3/c1-12(22-16-7-3-13(11-18)4-8-16)17(20)19-14-5-9-15(21-2)10-6-14/h3-10,12H,1-2H3,(H,19,20). The average molecular weight is 296 g/mol. The van der Waals surface area contributed by atoms with Crippen LogP contribution in [0.4, 0.5) is 5.69 Å². The number of carbonyl (C=O) groups is 1. The van der Waals surface area contributed by atoms with E-state index in [1.54, 1.807) is 62.6 Å². The molecule has 2 rings (SSSR count). The van der Waals surface area contributed by atoms with E-state index in [4.69, 9.17) is 14.7 Å². The number of nitrogens with one attached hydrogen (secondary N) is 1. The number of methoxy groups -OCH3 is 1. The Morgan fingerprint density at radius 2 is 1.68 bits per heavy atom. The Morgan fingerprint density at radius 3 is 2.23 bits per heavy atom. The molecule has 1 atom stereocenters. The van der Waals surface area contributed by atoms with Crippen LogP contribution in [-0.4, -0.2) is 19.1 Å². The van der Waals surface area contributed by atoms with Crippen LogP contribution in [0.3, 0.4) is 0 Å². The number of carbonyl (C=O) groups excluding carboxylic acids is 1. The van der Waals surface area contributed by atoms with Crippen molar-refractivity contribution >= 4 is 11.6 Å². The number of benzene rings is 2. The Morgan fingerprint density at radius 1 is 1.09 bits per heavy atom. The topological polar surface area (TPSA) is 71.3 Å². The first-order valence-corrected chi connectivity index (χ1v) is 6.74. The van der Waals surface area contributed by atoms with E-state index in [0.29, 0.717) is 17.0 Å². The third kappa shape index (κ3) is 4.00. The predicted octanol–water partition coefficient (Wildman–Crippen LogP) is 2.97. The molecule has 22 heavy (non-hydrogen) atoms. The van der Waals surface area contributed by atoms with Gasteiger partial charge < -0.3 is 14.8 Å². The summed E-state index contributed by atoms with van der Waals surface area (Å²) in [5.41, 5.74) is 1.21. The molecular formula is C17H16N2O3. The summed E-state index contributed by atoms with van der Waals surface area (Å²) in [5, 5.41) is 11.5. The highest BCUT2D eigenvalue weighted by Gasteiger charge is 2.14. The van der Waals surface area contributed by atoms with E-state index in [9.17, 15) is 4.79 Å². The van der Waals surface area contributed by atoms with Crippen molar-refractivity contribution in [2.24, 2.45) is 0 Å². The zero-order valence-corrected chi connectivity index (χ0v) is 12.4. The van der Waals surface area contributed by atoms with Crippen molar-refractivity contribution in [3.8, 4) is 17.6 Å². The van der Waals surface area contributed by atoms with Gasteiger partial charge in [-0.05, 0) is 55.5 Å². The minimum Gasteiger partial charge on any atom is -0.497 e. The number of ether oxygens (including phenoxy) is 2. The van der Waals surface area contributed by atoms with Crippen LogP contribution >= 0.6 is 0 Å². The minimum atomic E-state index is -0.657. The number of amides is 1. The molecule has 5 nitrogen and oxygen atoms in total. The lowest BCUT2D eigenvalue weighted by molar-refractivity contribution is -0.122. The third-order valence-corrected chi connectivity index (χ3v) is 3.02. The van der Waals surface area contributed by atoms with Crippen LogP contribution < -0.4 is 14.8 Å². The number of hydrogen-bond acceptors (Lipinski definition) is 4. The molecule has 0 aliphatic carbocycles. The second-order valence-corrected chi connectivity index (χ2v) is 4.61. The van der Waals surface area contributed by atoms with Gasteiger partial charge in [-0.25, -0.2) is 0 Å². The Kier molecular flexibility index (Phi) is 4.99. The van der Waals surface area contributed by atoms with E-state index in [1.807, 2.05) is 6.07 Å². The lowest BCUT2D eigenvalue weighted by Crippen LogP contribution is -2.30. The zero-order valence-electron chi connectivity index (χ0n) is 12.4. The SMILES string of the molecule is COc1ccc(NC(=O)C(C)Oc2ccc(C#N)cc2)cc1. The fourth-order valence-electron chi connectivity index (χ4n) is 1.78. The van der Waals surface area contributed by atoms with Crippen LogP contribution in [0.5, 0.6) is 11.5 Å². The Bertz CT molecular complexity index is 673. The molecule has 112 valence electrons. The van der Waals surface area contributed by atoms with Crippen molar-refractivity contribution in [3.63, 3.8) is 0 Å². The molecule has 5 heteroatoms. The van der Waals surface area contributed by atoms with Gasteiger partial charge in [-0.15, -0.1) is 0 Å². The van der Waals surface area contributed by atoms with Gasteiger partial charge in [-0.3, -0.25) is 4.79 Å². The van der Waals surface area contributed by atoms with E-state index in [0.717, 1.165) is 5.75 Å². The Labute approximate surface area is 129 Å². The fourth-order valence-corrected chi connectivity index (χ4v) is 1.78. The Balaban J connectivity index is 1.94. The van der Waals surface area contributed by atoms with Crippen LogP contribution in [0.1, 0.15) is 12.5 Å². The first kappa shape index (κ1) is 15.4. The van der Waals surface area contributed by atoms with Crippen LogP contribution in [0.25, 0.3) is 0 Å². The predicted molar refractivity (Wildman–Crippen MR) is 82.9 cm³/mol. The van der Waals surface area contributed by atoms with Crippen molar-refractivity contribution in [1.82, 2.24) is 0 Å². The van der Waals surface area contributed by atoms with Gasteiger partial charge in [-0.2, -0.15) is 5.26 Å². The number of anilines is 1. The van der Waals surface area contributed by atoms with Gasteiger partial charge in [0.2, 0.25) is 0 Å². The first-order valence-electron chi connectivity index (χ1n) is 6.74. The molecule has 1 N–H and O–H groups in total. The van der Waals surface area contributed by atoms with Crippen molar-refractivity contribution < 1.29 is 14.3 Å². The molecule has 0 saturated carbocycles. The summed E-state index contributed by atoms with van der Waals surface area (Å²) < 4.78 is 10.6. The number of rotatable bonds is 5. The molecule has 1 amide bonds. The summed E-state index contributed by atoms with van der Waals surface area (Å²) in [7, 11) is 1.58. The van der Waals surface area contributed by atoms with Gasteiger partial charge >= 0.3 is 0 Å². The lowest BCUT2D eigenvalue weighted by atomic mass is 10.2. The van der Waals surface area contributed by atoms with Gasteiger partial charge in [-0.1, -0.05) is 0 Å². The molecule has 0 spiro atoms. The largest absolute Gasteiger partial charge is 0.497 e. The second-order valence-electron chi connectivity index (χ2n) is 4.61. The van der Waals surface area contributed by atoms with Gasteiger partial charge in [0.15, 0.2) is 6.10 Å². The van der Waals surface area contributed by atoms with E-state index in [2.05, 4.69) is 5.32 Å². The highest BCUT2D eigenvalue weighted by atomic mass is 16.5. The lowest BCUT2D eigenvalue weighted by Gasteiger charge is -2.15. The fraction of sp³-hybridized carbons (Fsp3) is 0.176. The highest BCUT2D eigenvalue weighted by Crippen LogP contribution is 2.17. The van der Waals surface area contributed by atoms with Gasteiger partial charge in [0.1, 0.15) is 11.5 Å². The molecule has 0 aromatic heterocycles.